The van der Waals surface area contributed by atoms with Crippen molar-refractivity contribution in [2.45, 2.75) is 25.9 Å². The molecule has 170 valence electrons. The Morgan fingerprint density at radius 2 is 0.794 bits per heavy atom. The Morgan fingerprint density at radius 3 is 1.03 bits per heavy atom. The highest BCUT2D eigenvalue weighted by atomic mass is 16.4. The molecule has 0 heterocycles. The highest BCUT2D eigenvalue weighted by Crippen LogP contribution is 2.14. The molecule has 3 aromatic carbocycles. The van der Waals surface area contributed by atoms with Gasteiger partial charge in [0.05, 0.1) is 12.1 Å². The predicted octanol–water partition coefficient (Wildman–Crippen LogP) is 5.14. The number of hydrogen-bond donors (Lipinski definition) is 4. The molecule has 0 aliphatic rings. The second-order valence-corrected chi connectivity index (χ2v) is 7.66. The summed E-state index contributed by atoms with van der Waals surface area (Å²) >= 11 is 0. The SMILES string of the molecule is CC(NC(=O)O)c1ccc(C#Cc2ccc(C#Cc3ccc(C(C)NC(=O)O)cc3)cc2)cc1. The van der Waals surface area contributed by atoms with Gasteiger partial charge in [-0.25, -0.2) is 9.59 Å². The second-order valence-electron chi connectivity index (χ2n) is 7.66. The molecule has 0 aliphatic heterocycles. The van der Waals surface area contributed by atoms with Crippen LogP contribution in [0.4, 0.5) is 9.59 Å². The summed E-state index contributed by atoms with van der Waals surface area (Å²) in [6, 6.07) is 22.0. The zero-order valence-electron chi connectivity index (χ0n) is 18.8. The monoisotopic (exact) mass is 452 g/mol. The fraction of sp³-hybridized carbons (Fsp3) is 0.143. The molecule has 0 radical (unpaired) electrons. The molecule has 0 saturated carbocycles. The molecule has 0 saturated heterocycles. The Hall–Kier alpha value is -4.68. The number of carboxylic acid groups (broad SMARTS) is 2. The van der Waals surface area contributed by atoms with E-state index in [0.717, 1.165) is 33.4 Å². The van der Waals surface area contributed by atoms with E-state index in [-0.39, 0.29) is 12.1 Å². The molecule has 0 bridgehead atoms. The molecular weight excluding hydrogens is 428 g/mol. The van der Waals surface area contributed by atoms with Gasteiger partial charge in [-0.3, -0.25) is 0 Å². The first-order chi connectivity index (χ1) is 16.3. The van der Waals surface area contributed by atoms with Gasteiger partial charge in [-0.1, -0.05) is 47.9 Å². The van der Waals surface area contributed by atoms with Gasteiger partial charge >= 0.3 is 12.2 Å². The van der Waals surface area contributed by atoms with Crippen molar-refractivity contribution in [3.05, 3.63) is 106 Å². The number of benzene rings is 3. The van der Waals surface area contributed by atoms with E-state index in [4.69, 9.17) is 10.2 Å². The number of rotatable bonds is 4. The molecule has 6 nitrogen and oxygen atoms in total. The lowest BCUT2D eigenvalue weighted by Crippen LogP contribution is -2.24. The summed E-state index contributed by atoms with van der Waals surface area (Å²) in [4.78, 5) is 21.5. The minimum absolute atomic E-state index is 0.288. The highest BCUT2D eigenvalue weighted by molar-refractivity contribution is 5.65. The second kappa shape index (κ2) is 11.3. The Bertz CT molecular complexity index is 1170. The minimum Gasteiger partial charge on any atom is -0.465 e. The number of amides is 2. The van der Waals surface area contributed by atoms with Gasteiger partial charge in [-0.05, 0) is 73.5 Å². The van der Waals surface area contributed by atoms with Gasteiger partial charge in [0.15, 0.2) is 0 Å². The Kier molecular flexibility index (Phi) is 7.94. The normalized spacial score (nSPS) is 11.6. The Balaban J connectivity index is 1.62. The van der Waals surface area contributed by atoms with Gasteiger partial charge in [-0.2, -0.15) is 0 Å². The molecule has 0 aromatic heterocycles. The molecule has 0 spiro atoms. The Labute approximate surface area is 198 Å². The van der Waals surface area contributed by atoms with Crippen LogP contribution in [-0.4, -0.2) is 22.4 Å². The Morgan fingerprint density at radius 1 is 0.559 bits per heavy atom. The van der Waals surface area contributed by atoms with Gasteiger partial charge in [0.1, 0.15) is 0 Å². The molecular formula is C28H24N2O4. The van der Waals surface area contributed by atoms with Gasteiger partial charge < -0.3 is 20.8 Å². The lowest BCUT2D eigenvalue weighted by molar-refractivity contribution is 0.189. The molecule has 2 atom stereocenters. The van der Waals surface area contributed by atoms with Crippen LogP contribution in [0.15, 0.2) is 72.8 Å². The van der Waals surface area contributed by atoms with E-state index in [2.05, 4.69) is 34.3 Å². The summed E-state index contributed by atoms with van der Waals surface area (Å²) in [7, 11) is 0. The zero-order valence-corrected chi connectivity index (χ0v) is 18.8. The first kappa shape index (κ1) is 24.0. The third-order valence-electron chi connectivity index (χ3n) is 5.09. The number of carbonyl (C=O) groups is 2. The number of nitrogens with one attached hydrogen (secondary N) is 2. The van der Waals surface area contributed by atoms with E-state index < -0.39 is 12.2 Å². The summed E-state index contributed by atoms with van der Waals surface area (Å²) in [5.74, 6) is 12.4. The van der Waals surface area contributed by atoms with Crippen LogP contribution in [0.2, 0.25) is 0 Å². The number of hydrogen-bond acceptors (Lipinski definition) is 2. The van der Waals surface area contributed by atoms with E-state index in [9.17, 15) is 9.59 Å². The van der Waals surface area contributed by atoms with Crippen LogP contribution in [0.1, 0.15) is 59.3 Å². The molecule has 4 N–H and O–H groups in total. The lowest BCUT2D eigenvalue weighted by atomic mass is 10.1. The average Bonchev–Trinajstić information content (AvgIpc) is 2.82. The van der Waals surface area contributed by atoms with Crippen LogP contribution in [0.5, 0.6) is 0 Å². The maximum atomic E-state index is 10.7. The maximum Gasteiger partial charge on any atom is 0.405 e. The molecule has 0 fully saturated rings. The smallest absolute Gasteiger partial charge is 0.405 e. The van der Waals surface area contributed by atoms with E-state index in [1.165, 1.54) is 0 Å². The van der Waals surface area contributed by atoms with Crippen LogP contribution < -0.4 is 10.6 Å². The van der Waals surface area contributed by atoms with Crippen molar-refractivity contribution in [1.82, 2.24) is 10.6 Å². The van der Waals surface area contributed by atoms with Gasteiger partial charge in [-0.15, -0.1) is 0 Å². The van der Waals surface area contributed by atoms with E-state index >= 15 is 0 Å². The van der Waals surface area contributed by atoms with Gasteiger partial charge in [0.25, 0.3) is 0 Å². The highest BCUT2D eigenvalue weighted by Gasteiger charge is 2.08. The third kappa shape index (κ3) is 7.19. The topological polar surface area (TPSA) is 98.7 Å². The molecule has 0 aliphatic carbocycles. The van der Waals surface area contributed by atoms with Crippen LogP contribution in [-0.2, 0) is 0 Å². The largest absolute Gasteiger partial charge is 0.465 e. The molecule has 3 rings (SSSR count). The van der Waals surface area contributed by atoms with Gasteiger partial charge in [0.2, 0.25) is 0 Å². The van der Waals surface area contributed by atoms with Gasteiger partial charge in [0, 0.05) is 22.3 Å². The quantitative estimate of drug-likeness (QED) is 0.412. The van der Waals surface area contributed by atoms with Crippen molar-refractivity contribution in [3.8, 4) is 23.7 Å². The first-order valence-corrected chi connectivity index (χ1v) is 10.6. The van der Waals surface area contributed by atoms with Crippen LogP contribution in [0, 0.1) is 23.7 Å². The van der Waals surface area contributed by atoms with Crippen LogP contribution >= 0.6 is 0 Å². The summed E-state index contributed by atoms with van der Waals surface area (Å²) < 4.78 is 0. The lowest BCUT2D eigenvalue weighted by Gasteiger charge is -2.11. The fourth-order valence-electron chi connectivity index (χ4n) is 3.17. The predicted molar refractivity (Wildman–Crippen MR) is 130 cm³/mol. The summed E-state index contributed by atoms with van der Waals surface area (Å²) in [5, 5.41) is 22.5. The van der Waals surface area contributed by atoms with Crippen LogP contribution in [0.3, 0.4) is 0 Å². The standard InChI is InChI=1S/C28H24N2O4/c1-19(29-27(31)32)25-15-11-23(12-16-25)9-7-21-3-5-22(6-4-21)8-10-24-13-17-26(18-14-24)20(2)30-28(33)34/h3-6,11-20,29-30H,1-2H3,(H,31,32)(H,33,34). The van der Waals surface area contributed by atoms with Crippen molar-refractivity contribution in [1.29, 1.82) is 0 Å². The summed E-state index contributed by atoms with van der Waals surface area (Å²) in [6.45, 7) is 3.57. The van der Waals surface area contributed by atoms with Crippen molar-refractivity contribution in [3.63, 3.8) is 0 Å². The minimum atomic E-state index is -1.05. The maximum absolute atomic E-state index is 10.7. The molecule has 3 aromatic rings. The summed E-state index contributed by atoms with van der Waals surface area (Å²) in [5.41, 5.74) is 5.14. The first-order valence-electron chi connectivity index (χ1n) is 10.6. The van der Waals surface area contributed by atoms with Crippen molar-refractivity contribution >= 4 is 12.2 Å². The third-order valence-corrected chi connectivity index (χ3v) is 5.09. The zero-order chi connectivity index (χ0) is 24.5. The van der Waals surface area contributed by atoms with Crippen molar-refractivity contribution < 1.29 is 19.8 Å². The summed E-state index contributed by atoms with van der Waals surface area (Å²) in [6.07, 6.45) is -2.11. The fourth-order valence-corrected chi connectivity index (χ4v) is 3.17. The van der Waals surface area contributed by atoms with E-state index in [0.29, 0.717) is 0 Å². The van der Waals surface area contributed by atoms with E-state index in [1.807, 2.05) is 72.8 Å². The molecule has 2 amide bonds. The van der Waals surface area contributed by atoms with Crippen LogP contribution in [0.25, 0.3) is 0 Å². The molecule has 2 unspecified atom stereocenters. The van der Waals surface area contributed by atoms with Crippen molar-refractivity contribution in [2.75, 3.05) is 0 Å². The van der Waals surface area contributed by atoms with E-state index in [1.54, 1.807) is 13.8 Å². The average molecular weight is 453 g/mol. The molecule has 34 heavy (non-hydrogen) atoms. The van der Waals surface area contributed by atoms with Crippen molar-refractivity contribution in [2.24, 2.45) is 0 Å². The molecule has 6 heteroatoms.